The minimum absolute atomic E-state index is 0.260. The van der Waals surface area contributed by atoms with Gasteiger partial charge in [-0.1, -0.05) is 12.1 Å². The summed E-state index contributed by atoms with van der Waals surface area (Å²) >= 11 is 0. The molecule has 1 aliphatic rings. The van der Waals surface area contributed by atoms with E-state index >= 15 is 0 Å². The van der Waals surface area contributed by atoms with Gasteiger partial charge >= 0.3 is 6.09 Å². The normalized spacial score (nSPS) is 14.0. The van der Waals surface area contributed by atoms with Crippen LogP contribution in [0.4, 0.5) is 10.5 Å². The fraction of sp³-hybridized carbons (Fsp3) is 0.421. The highest BCUT2D eigenvalue weighted by molar-refractivity contribution is 5.69. The summed E-state index contributed by atoms with van der Waals surface area (Å²) < 4.78 is 5.51. The van der Waals surface area contributed by atoms with Gasteiger partial charge in [-0.3, -0.25) is 0 Å². The number of hydrogen-bond donors (Lipinski definition) is 1. The standard InChI is InChI=1S/C19H24N4O2/c1-19(2,3)25-18(24)23-8-7-15-5-4-6-17(16(15)12-23)22-11-14-9-20-13-21-10-14/h4-6,9-10,13,22H,7-8,11-12H2,1-3H3. The van der Waals surface area contributed by atoms with Crippen LogP contribution in [0.3, 0.4) is 0 Å². The smallest absolute Gasteiger partial charge is 0.410 e. The van der Waals surface area contributed by atoms with E-state index < -0.39 is 5.60 Å². The monoisotopic (exact) mass is 340 g/mol. The summed E-state index contributed by atoms with van der Waals surface area (Å²) in [5, 5.41) is 3.44. The van der Waals surface area contributed by atoms with Gasteiger partial charge in [0.05, 0.1) is 6.54 Å². The lowest BCUT2D eigenvalue weighted by Gasteiger charge is -2.32. The number of fused-ring (bicyclic) bond motifs is 1. The zero-order valence-electron chi connectivity index (χ0n) is 15.0. The van der Waals surface area contributed by atoms with E-state index in [4.69, 9.17) is 4.74 Å². The molecule has 1 aromatic heterocycles. The molecule has 0 unspecified atom stereocenters. The fourth-order valence-corrected chi connectivity index (χ4v) is 2.85. The number of aromatic nitrogens is 2. The Kier molecular flexibility index (Phi) is 4.88. The second kappa shape index (κ2) is 7.09. The summed E-state index contributed by atoms with van der Waals surface area (Å²) in [6.45, 7) is 7.54. The minimum Gasteiger partial charge on any atom is -0.444 e. The van der Waals surface area contributed by atoms with Crippen molar-refractivity contribution in [3.05, 3.63) is 53.6 Å². The molecule has 2 aromatic rings. The second-order valence-electron chi connectivity index (χ2n) is 7.20. The first-order valence-electron chi connectivity index (χ1n) is 8.49. The number of ether oxygens (including phenoxy) is 1. The Morgan fingerprint density at radius 2 is 2.04 bits per heavy atom. The first-order valence-corrected chi connectivity index (χ1v) is 8.49. The number of benzene rings is 1. The van der Waals surface area contributed by atoms with Crippen LogP contribution in [0.25, 0.3) is 0 Å². The van der Waals surface area contributed by atoms with Crippen LogP contribution in [0, 0.1) is 0 Å². The van der Waals surface area contributed by atoms with Gasteiger partial charge in [-0.2, -0.15) is 0 Å². The van der Waals surface area contributed by atoms with Crippen molar-refractivity contribution >= 4 is 11.8 Å². The van der Waals surface area contributed by atoms with Crippen LogP contribution < -0.4 is 5.32 Å². The molecular weight excluding hydrogens is 316 g/mol. The zero-order valence-corrected chi connectivity index (χ0v) is 15.0. The molecule has 6 heteroatoms. The maximum absolute atomic E-state index is 12.4. The number of hydrogen-bond acceptors (Lipinski definition) is 5. The molecule has 1 aliphatic heterocycles. The third kappa shape index (κ3) is 4.47. The maximum Gasteiger partial charge on any atom is 0.410 e. The number of nitrogens with one attached hydrogen (secondary N) is 1. The van der Waals surface area contributed by atoms with Crippen LogP contribution in [0.2, 0.25) is 0 Å². The number of carbonyl (C=O) groups is 1. The quantitative estimate of drug-likeness (QED) is 0.928. The average Bonchev–Trinajstić information content (AvgIpc) is 2.59. The van der Waals surface area contributed by atoms with Gasteiger partial charge in [-0.15, -0.1) is 0 Å². The van der Waals surface area contributed by atoms with E-state index in [2.05, 4.69) is 21.4 Å². The molecule has 0 radical (unpaired) electrons. The molecule has 1 aromatic carbocycles. The predicted octanol–water partition coefficient (Wildman–Crippen LogP) is 3.38. The molecule has 0 atom stereocenters. The lowest BCUT2D eigenvalue weighted by atomic mass is 9.98. The molecule has 3 rings (SSSR count). The van der Waals surface area contributed by atoms with Crippen molar-refractivity contribution in [2.24, 2.45) is 0 Å². The van der Waals surface area contributed by atoms with Crippen molar-refractivity contribution < 1.29 is 9.53 Å². The average molecular weight is 340 g/mol. The Morgan fingerprint density at radius 3 is 2.76 bits per heavy atom. The van der Waals surface area contributed by atoms with Gasteiger partial charge in [-0.05, 0) is 44.4 Å². The third-order valence-electron chi connectivity index (χ3n) is 4.02. The largest absolute Gasteiger partial charge is 0.444 e. The second-order valence-corrected chi connectivity index (χ2v) is 7.20. The highest BCUT2D eigenvalue weighted by Gasteiger charge is 2.26. The van der Waals surface area contributed by atoms with Crippen LogP contribution in [-0.4, -0.2) is 33.1 Å². The summed E-state index contributed by atoms with van der Waals surface area (Å²) in [5.74, 6) is 0. The van der Waals surface area contributed by atoms with Crippen LogP contribution in [-0.2, 0) is 24.2 Å². The van der Waals surface area contributed by atoms with Crippen molar-refractivity contribution in [3.8, 4) is 0 Å². The van der Waals surface area contributed by atoms with Gasteiger partial charge in [0, 0.05) is 36.7 Å². The molecule has 25 heavy (non-hydrogen) atoms. The molecule has 0 fully saturated rings. The highest BCUT2D eigenvalue weighted by atomic mass is 16.6. The van der Waals surface area contributed by atoms with Gasteiger partial charge in [0.25, 0.3) is 0 Å². The molecule has 0 spiro atoms. The molecule has 0 aliphatic carbocycles. The van der Waals surface area contributed by atoms with E-state index in [9.17, 15) is 4.79 Å². The molecule has 0 saturated heterocycles. The molecular formula is C19H24N4O2. The summed E-state index contributed by atoms with van der Waals surface area (Å²) in [6, 6.07) is 6.21. The molecule has 1 amide bonds. The summed E-state index contributed by atoms with van der Waals surface area (Å²) in [5.41, 5.74) is 3.99. The van der Waals surface area contributed by atoms with E-state index in [1.165, 1.54) is 11.9 Å². The van der Waals surface area contributed by atoms with E-state index in [-0.39, 0.29) is 6.09 Å². The first-order chi connectivity index (χ1) is 11.9. The SMILES string of the molecule is CC(C)(C)OC(=O)N1CCc2cccc(NCc3cncnc3)c2C1. The number of nitrogens with zero attached hydrogens (tertiary/aromatic N) is 3. The number of rotatable bonds is 3. The van der Waals surface area contributed by atoms with Crippen LogP contribution >= 0.6 is 0 Å². The van der Waals surface area contributed by atoms with Crippen LogP contribution in [0.5, 0.6) is 0 Å². The Balaban J connectivity index is 1.73. The number of amides is 1. The van der Waals surface area contributed by atoms with Crippen molar-refractivity contribution in [1.82, 2.24) is 14.9 Å². The van der Waals surface area contributed by atoms with E-state index in [1.54, 1.807) is 17.3 Å². The minimum atomic E-state index is -0.484. The van der Waals surface area contributed by atoms with E-state index in [0.717, 1.165) is 23.2 Å². The van der Waals surface area contributed by atoms with Crippen molar-refractivity contribution in [2.75, 3.05) is 11.9 Å². The third-order valence-corrected chi connectivity index (χ3v) is 4.02. The molecule has 1 N–H and O–H groups in total. The van der Waals surface area contributed by atoms with Gasteiger partial charge in [0.1, 0.15) is 11.9 Å². The fourth-order valence-electron chi connectivity index (χ4n) is 2.85. The molecule has 132 valence electrons. The summed E-state index contributed by atoms with van der Waals surface area (Å²) in [6.07, 6.45) is 5.68. The maximum atomic E-state index is 12.4. The lowest BCUT2D eigenvalue weighted by Crippen LogP contribution is -2.40. The number of carbonyl (C=O) groups excluding carboxylic acids is 1. The highest BCUT2D eigenvalue weighted by Crippen LogP contribution is 2.27. The number of anilines is 1. The molecule has 0 saturated carbocycles. The Morgan fingerprint density at radius 1 is 1.28 bits per heavy atom. The summed E-state index contributed by atoms with van der Waals surface area (Å²) in [4.78, 5) is 22.2. The van der Waals surface area contributed by atoms with Gasteiger partial charge < -0.3 is 15.0 Å². The molecule has 0 bridgehead atoms. The zero-order chi connectivity index (χ0) is 17.9. The van der Waals surface area contributed by atoms with Crippen LogP contribution in [0.15, 0.2) is 36.9 Å². The Bertz CT molecular complexity index is 741. The van der Waals surface area contributed by atoms with Crippen LogP contribution in [0.1, 0.15) is 37.5 Å². The predicted molar refractivity (Wildman–Crippen MR) is 96.1 cm³/mol. The Hall–Kier alpha value is -2.63. The van der Waals surface area contributed by atoms with Crippen molar-refractivity contribution in [3.63, 3.8) is 0 Å². The topological polar surface area (TPSA) is 67.3 Å². The van der Waals surface area contributed by atoms with Gasteiger partial charge in [-0.25, -0.2) is 14.8 Å². The Labute approximate surface area is 148 Å². The summed E-state index contributed by atoms with van der Waals surface area (Å²) in [7, 11) is 0. The van der Waals surface area contributed by atoms with Gasteiger partial charge in [0.2, 0.25) is 0 Å². The first kappa shape index (κ1) is 17.2. The van der Waals surface area contributed by atoms with Crippen molar-refractivity contribution in [1.29, 1.82) is 0 Å². The van der Waals surface area contributed by atoms with E-state index in [0.29, 0.717) is 19.6 Å². The van der Waals surface area contributed by atoms with E-state index in [1.807, 2.05) is 32.9 Å². The lowest BCUT2D eigenvalue weighted by molar-refractivity contribution is 0.0224. The van der Waals surface area contributed by atoms with Gasteiger partial charge in [0.15, 0.2) is 0 Å². The molecule has 6 nitrogen and oxygen atoms in total. The van der Waals surface area contributed by atoms with Crippen molar-refractivity contribution in [2.45, 2.75) is 45.9 Å². The molecule has 2 heterocycles.